The van der Waals surface area contributed by atoms with E-state index in [1.807, 2.05) is 0 Å². The van der Waals surface area contributed by atoms with Crippen LogP contribution in [0.4, 0.5) is 10.6 Å². The van der Waals surface area contributed by atoms with Gasteiger partial charge in [0.1, 0.15) is 17.8 Å². The van der Waals surface area contributed by atoms with Gasteiger partial charge in [-0.1, -0.05) is 11.2 Å². The van der Waals surface area contributed by atoms with Gasteiger partial charge in [0.2, 0.25) is 12.7 Å². The summed E-state index contributed by atoms with van der Waals surface area (Å²) in [5.41, 5.74) is -0.789. The number of carbonyl (C=O) groups is 3. The van der Waals surface area contributed by atoms with E-state index in [9.17, 15) is 14.4 Å². The molecule has 1 aromatic carbocycles. The summed E-state index contributed by atoms with van der Waals surface area (Å²) in [6.07, 6.45) is 0. The van der Waals surface area contributed by atoms with Gasteiger partial charge in [-0.05, 0) is 31.5 Å². The van der Waals surface area contributed by atoms with Crippen LogP contribution in [-0.4, -0.2) is 41.2 Å². The van der Waals surface area contributed by atoms with Gasteiger partial charge in [0.15, 0.2) is 17.3 Å². The Bertz CT molecular complexity index is 955. The number of imide groups is 1. The van der Waals surface area contributed by atoms with Crippen molar-refractivity contribution in [2.75, 3.05) is 18.7 Å². The maximum atomic E-state index is 12.9. The van der Waals surface area contributed by atoms with E-state index < -0.39 is 29.9 Å². The Hall–Kier alpha value is -3.56. The van der Waals surface area contributed by atoms with Gasteiger partial charge in [0.25, 0.3) is 5.91 Å². The molecular weight excluding hydrogens is 356 g/mol. The van der Waals surface area contributed by atoms with Crippen LogP contribution < -0.4 is 20.1 Å². The van der Waals surface area contributed by atoms with Crippen LogP contribution in [0.15, 0.2) is 28.8 Å². The van der Waals surface area contributed by atoms with Crippen LogP contribution in [0, 0.1) is 6.92 Å². The van der Waals surface area contributed by atoms with Crippen LogP contribution in [0.1, 0.15) is 18.2 Å². The molecule has 140 valence electrons. The van der Waals surface area contributed by atoms with Crippen LogP contribution in [0.25, 0.3) is 0 Å². The second-order valence-electron chi connectivity index (χ2n) is 6.39. The minimum Gasteiger partial charge on any atom is -0.454 e. The van der Waals surface area contributed by atoms with Crippen molar-refractivity contribution in [2.45, 2.75) is 19.4 Å². The van der Waals surface area contributed by atoms with Gasteiger partial charge >= 0.3 is 6.03 Å². The molecular formula is C17H16N4O6. The summed E-state index contributed by atoms with van der Waals surface area (Å²) in [7, 11) is 0. The Balaban J connectivity index is 1.52. The predicted octanol–water partition coefficient (Wildman–Crippen LogP) is 1.12. The molecule has 2 aromatic rings. The maximum Gasteiger partial charge on any atom is 0.325 e. The zero-order valence-corrected chi connectivity index (χ0v) is 14.6. The maximum absolute atomic E-state index is 12.9. The molecule has 1 aromatic heterocycles. The number of hydrogen-bond acceptors (Lipinski definition) is 7. The standard InChI is InChI=1S/C17H16N4O6/c1-9-5-13(20-27-9)18-14(22)7-21-15(23)17(2,19-16(21)24)10-3-4-11-12(6-10)26-8-25-11/h3-6H,7-8H2,1-2H3,(H,19,24)(H,18,20,22)/t17-/m0/s1. The quantitative estimate of drug-likeness (QED) is 0.771. The normalized spacial score (nSPS) is 20.7. The fraction of sp³-hybridized carbons (Fsp3) is 0.294. The zero-order chi connectivity index (χ0) is 19.2. The van der Waals surface area contributed by atoms with Gasteiger partial charge in [0.05, 0.1) is 0 Å². The van der Waals surface area contributed by atoms with E-state index in [0.29, 0.717) is 22.8 Å². The fourth-order valence-corrected chi connectivity index (χ4v) is 3.00. The molecule has 4 amide bonds. The molecule has 10 nitrogen and oxygen atoms in total. The molecule has 0 radical (unpaired) electrons. The molecule has 0 bridgehead atoms. The van der Waals surface area contributed by atoms with Crippen molar-refractivity contribution in [1.29, 1.82) is 0 Å². The third-order valence-corrected chi connectivity index (χ3v) is 4.42. The van der Waals surface area contributed by atoms with Gasteiger partial charge in [-0.2, -0.15) is 0 Å². The number of rotatable bonds is 4. The zero-order valence-electron chi connectivity index (χ0n) is 14.6. The van der Waals surface area contributed by atoms with Gasteiger partial charge in [0, 0.05) is 6.07 Å². The average molecular weight is 372 g/mol. The number of hydrogen-bond donors (Lipinski definition) is 2. The van der Waals surface area contributed by atoms with Gasteiger partial charge in [-0.25, -0.2) is 4.79 Å². The Morgan fingerprint density at radius 3 is 2.81 bits per heavy atom. The average Bonchev–Trinajstić information content (AvgIpc) is 3.30. The first-order valence-electron chi connectivity index (χ1n) is 8.14. The number of urea groups is 1. The Kier molecular flexibility index (Phi) is 3.76. The predicted molar refractivity (Wildman–Crippen MR) is 90.0 cm³/mol. The summed E-state index contributed by atoms with van der Waals surface area (Å²) in [5.74, 6) is 0.685. The van der Waals surface area contributed by atoms with Crippen molar-refractivity contribution in [3.8, 4) is 11.5 Å². The van der Waals surface area contributed by atoms with Crippen LogP contribution in [0.3, 0.4) is 0 Å². The van der Waals surface area contributed by atoms with Crippen LogP contribution in [-0.2, 0) is 15.1 Å². The number of aromatic nitrogens is 1. The van der Waals surface area contributed by atoms with E-state index in [4.69, 9.17) is 14.0 Å². The third kappa shape index (κ3) is 2.84. The summed E-state index contributed by atoms with van der Waals surface area (Å²) < 4.78 is 15.4. The number of anilines is 1. The lowest BCUT2D eigenvalue weighted by atomic mass is 9.91. The smallest absolute Gasteiger partial charge is 0.325 e. The lowest BCUT2D eigenvalue weighted by molar-refractivity contribution is -0.133. The summed E-state index contributed by atoms with van der Waals surface area (Å²) in [6.45, 7) is 2.90. The number of benzene rings is 1. The Labute approximate surface area is 153 Å². The second kappa shape index (κ2) is 6.01. The van der Waals surface area contributed by atoms with E-state index >= 15 is 0 Å². The first-order chi connectivity index (χ1) is 12.9. The number of carbonyl (C=O) groups excluding carboxylic acids is 3. The number of ether oxygens (including phenoxy) is 2. The number of amides is 4. The highest BCUT2D eigenvalue weighted by molar-refractivity contribution is 6.10. The van der Waals surface area contributed by atoms with Crippen LogP contribution in [0.5, 0.6) is 11.5 Å². The molecule has 0 unspecified atom stereocenters. The molecule has 0 aliphatic carbocycles. The molecule has 27 heavy (non-hydrogen) atoms. The highest BCUT2D eigenvalue weighted by Gasteiger charge is 2.49. The van der Waals surface area contributed by atoms with Crippen molar-refractivity contribution in [1.82, 2.24) is 15.4 Å². The van der Waals surface area contributed by atoms with Crippen molar-refractivity contribution in [2.24, 2.45) is 0 Å². The van der Waals surface area contributed by atoms with E-state index in [1.54, 1.807) is 32.0 Å². The Morgan fingerprint density at radius 1 is 1.30 bits per heavy atom. The van der Waals surface area contributed by atoms with Crippen molar-refractivity contribution in [3.05, 3.63) is 35.6 Å². The monoisotopic (exact) mass is 372 g/mol. The first-order valence-corrected chi connectivity index (χ1v) is 8.14. The molecule has 1 atom stereocenters. The topological polar surface area (TPSA) is 123 Å². The van der Waals surface area contributed by atoms with E-state index in [1.165, 1.54) is 6.07 Å². The molecule has 0 saturated carbocycles. The van der Waals surface area contributed by atoms with Crippen molar-refractivity contribution < 1.29 is 28.4 Å². The summed E-state index contributed by atoms with van der Waals surface area (Å²) in [5, 5.41) is 8.76. The fourth-order valence-electron chi connectivity index (χ4n) is 3.00. The van der Waals surface area contributed by atoms with E-state index in [-0.39, 0.29) is 12.6 Å². The second-order valence-corrected chi connectivity index (χ2v) is 6.39. The molecule has 3 heterocycles. The molecule has 1 fully saturated rings. The summed E-state index contributed by atoms with van der Waals surface area (Å²) >= 11 is 0. The molecule has 2 aliphatic heterocycles. The van der Waals surface area contributed by atoms with Crippen LogP contribution in [0.2, 0.25) is 0 Å². The number of aryl methyl sites for hydroxylation is 1. The number of fused-ring (bicyclic) bond motifs is 1. The number of nitrogens with one attached hydrogen (secondary N) is 2. The van der Waals surface area contributed by atoms with E-state index in [0.717, 1.165) is 4.90 Å². The minimum atomic E-state index is -1.32. The SMILES string of the molecule is Cc1cc(NC(=O)CN2C(=O)N[C@@](C)(c3ccc4c(c3)OCO4)C2=O)no1. The summed E-state index contributed by atoms with van der Waals surface area (Å²) in [6, 6.07) is 5.85. The molecule has 0 spiro atoms. The Morgan fingerprint density at radius 2 is 2.07 bits per heavy atom. The largest absolute Gasteiger partial charge is 0.454 e. The summed E-state index contributed by atoms with van der Waals surface area (Å²) in [4.78, 5) is 38.2. The molecule has 2 N–H and O–H groups in total. The lowest BCUT2D eigenvalue weighted by Gasteiger charge is -2.22. The molecule has 2 aliphatic rings. The molecule has 1 saturated heterocycles. The van der Waals surface area contributed by atoms with Gasteiger partial charge < -0.3 is 24.6 Å². The van der Waals surface area contributed by atoms with Gasteiger partial charge in [-0.15, -0.1) is 0 Å². The number of nitrogens with zero attached hydrogens (tertiary/aromatic N) is 2. The molecule has 10 heteroatoms. The highest BCUT2D eigenvalue weighted by atomic mass is 16.7. The van der Waals surface area contributed by atoms with Crippen molar-refractivity contribution >= 4 is 23.7 Å². The highest BCUT2D eigenvalue weighted by Crippen LogP contribution is 2.37. The third-order valence-electron chi connectivity index (χ3n) is 4.42. The van der Waals surface area contributed by atoms with Crippen LogP contribution >= 0.6 is 0 Å². The molecule has 4 rings (SSSR count). The first kappa shape index (κ1) is 16.9. The van der Waals surface area contributed by atoms with Gasteiger partial charge in [-0.3, -0.25) is 14.5 Å². The van der Waals surface area contributed by atoms with E-state index in [2.05, 4.69) is 15.8 Å². The lowest BCUT2D eigenvalue weighted by Crippen LogP contribution is -2.42. The minimum absolute atomic E-state index is 0.101. The van der Waals surface area contributed by atoms with Crippen molar-refractivity contribution in [3.63, 3.8) is 0 Å².